The highest BCUT2D eigenvalue weighted by molar-refractivity contribution is 5.79. The van der Waals surface area contributed by atoms with E-state index in [1.165, 1.54) is 0 Å². The molecule has 2 aromatic rings. The first-order valence-corrected chi connectivity index (χ1v) is 8.60. The zero-order chi connectivity index (χ0) is 18.0. The summed E-state index contributed by atoms with van der Waals surface area (Å²) in [5, 5.41) is 17.0. The van der Waals surface area contributed by atoms with Gasteiger partial charge in [0.25, 0.3) is 0 Å². The molecule has 1 unspecified atom stereocenters. The first-order valence-electron chi connectivity index (χ1n) is 8.60. The fourth-order valence-corrected chi connectivity index (χ4v) is 2.32. The Morgan fingerprint density at radius 2 is 1.68 bits per heavy atom. The van der Waals surface area contributed by atoms with Crippen molar-refractivity contribution in [1.82, 2.24) is 10.6 Å². The molecule has 0 radical (unpaired) electrons. The van der Waals surface area contributed by atoms with Crippen LogP contribution in [0.3, 0.4) is 0 Å². The monoisotopic (exact) mass is 341 g/mol. The predicted molar refractivity (Wildman–Crippen MR) is 102 cm³/mol. The van der Waals surface area contributed by atoms with Crippen LogP contribution in [0.25, 0.3) is 0 Å². The Labute approximate surface area is 149 Å². The number of hydrogen-bond acceptors (Lipinski definition) is 3. The SMILES string of the molecule is CCNC(=NCC(C)(O)c1ccccc1)NCCOc1ccccc1. The number of nitrogens with one attached hydrogen (secondary N) is 2. The summed E-state index contributed by atoms with van der Waals surface area (Å²) in [5.74, 6) is 1.51. The maximum Gasteiger partial charge on any atom is 0.191 e. The topological polar surface area (TPSA) is 65.9 Å². The van der Waals surface area contributed by atoms with Crippen molar-refractivity contribution in [1.29, 1.82) is 0 Å². The Bertz CT molecular complexity index is 643. The van der Waals surface area contributed by atoms with Crippen LogP contribution < -0.4 is 15.4 Å². The van der Waals surface area contributed by atoms with Crippen LogP contribution >= 0.6 is 0 Å². The van der Waals surface area contributed by atoms with Crippen molar-refractivity contribution < 1.29 is 9.84 Å². The van der Waals surface area contributed by atoms with Gasteiger partial charge in [0.1, 0.15) is 18.0 Å². The molecule has 5 nitrogen and oxygen atoms in total. The van der Waals surface area contributed by atoms with Crippen LogP contribution in [0.5, 0.6) is 5.75 Å². The van der Waals surface area contributed by atoms with Gasteiger partial charge in [0, 0.05) is 6.54 Å². The van der Waals surface area contributed by atoms with E-state index in [2.05, 4.69) is 15.6 Å². The van der Waals surface area contributed by atoms with Gasteiger partial charge in [0.15, 0.2) is 5.96 Å². The van der Waals surface area contributed by atoms with E-state index >= 15 is 0 Å². The van der Waals surface area contributed by atoms with Gasteiger partial charge in [0.05, 0.1) is 13.1 Å². The van der Waals surface area contributed by atoms with Crippen molar-refractivity contribution in [3.63, 3.8) is 0 Å². The minimum atomic E-state index is -1.01. The molecule has 2 rings (SSSR count). The lowest BCUT2D eigenvalue weighted by Gasteiger charge is -2.22. The molecule has 0 aromatic heterocycles. The molecule has 0 aliphatic carbocycles. The van der Waals surface area contributed by atoms with Crippen LogP contribution in [0, 0.1) is 0 Å². The first kappa shape index (κ1) is 18.8. The highest BCUT2D eigenvalue weighted by Crippen LogP contribution is 2.20. The van der Waals surface area contributed by atoms with Gasteiger partial charge in [-0.2, -0.15) is 0 Å². The molecule has 0 heterocycles. The average molecular weight is 341 g/mol. The highest BCUT2D eigenvalue weighted by atomic mass is 16.5. The minimum Gasteiger partial charge on any atom is -0.492 e. The fourth-order valence-electron chi connectivity index (χ4n) is 2.32. The molecular weight excluding hydrogens is 314 g/mol. The van der Waals surface area contributed by atoms with Crippen molar-refractivity contribution >= 4 is 5.96 Å². The molecule has 1 atom stereocenters. The van der Waals surface area contributed by atoms with Crippen LogP contribution in [0.2, 0.25) is 0 Å². The molecule has 0 saturated heterocycles. The number of rotatable bonds is 8. The molecule has 3 N–H and O–H groups in total. The van der Waals surface area contributed by atoms with Crippen LogP contribution in [0.15, 0.2) is 65.7 Å². The molecule has 134 valence electrons. The van der Waals surface area contributed by atoms with E-state index in [4.69, 9.17) is 4.74 Å². The summed E-state index contributed by atoms with van der Waals surface area (Å²) < 4.78 is 5.65. The molecule has 0 bridgehead atoms. The van der Waals surface area contributed by atoms with E-state index in [1.807, 2.05) is 67.6 Å². The second-order valence-electron chi connectivity index (χ2n) is 5.92. The Hall–Kier alpha value is -2.53. The number of nitrogens with zero attached hydrogens (tertiary/aromatic N) is 1. The molecule has 0 aliphatic heterocycles. The standard InChI is InChI=1S/C20H27N3O2/c1-3-21-19(22-14-15-25-18-12-8-5-9-13-18)23-16-20(2,24)17-10-6-4-7-11-17/h4-13,24H,3,14-16H2,1-2H3,(H2,21,22,23). The molecule has 0 aliphatic rings. The zero-order valence-electron chi connectivity index (χ0n) is 14.9. The van der Waals surface area contributed by atoms with E-state index < -0.39 is 5.60 Å². The van der Waals surface area contributed by atoms with Gasteiger partial charge in [-0.05, 0) is 31.5 Å². The zero-order valence-corrected chi connectivity index (χ0v) is 14.9. The maximum atomic E-state index is 10.6. The number of benzene rings is 2. The third-order valence-electron chi connectivity index (χ3n) is 3.69. The van der Waals surface area contributed by atoms with Gasteiger partial charge in [-0.15, -0.1) is 0 Å². The number of ether oxygens (including phenoxy) is 1. The molecule has 0 fully saturated rings. The van der Waals surface area contributed by atoms with Crippen molar-refractivity contribution in [2.24, 2.45) is 4.99 Å². The summed E-state index contributed by atoms with van der Waals surface area (Å²) in [7, 11) is 0. The summed E-state index contributed by atoms with van der Waals surface area (Å²) in [4.78, 5) is 4.49. The Kier molecular flexibility index (Phi) is 7.29. The molecule has 2 aromatic carbocycles. The summed E-state index contributed by atoms with van der Waals surface area (Å²) in [6.07, 6.45) is 0. The predicted octanol–water partition coefficient (Wildman–Crippen LogP) is 2.53. The van der Waals surface area contributed by atoms with E-state index in [0.29, 0.717) is 19.1 Å². The van der Waals surface area contributed by atoms with Gasteiger partial charge in [-0.25, -0.2) is 4.99 Å². The first-order chi connectivity index (χ1) is 12.1. The molecule has 0 saturated carbocycles. The van der Waals surface area contributed by atoms with E-state index in [1.54, 1.807) is 6.92 Å². The lowest BCUT2D eigenvalue weighted by molar-refractivity contribution is 0.0672. The van der Waals surface area contributed by atoms with Crippen molar-refractivity contribution in [3.8, 4) is 5.75 Å². The molecule has 5 heteroatoms. The van der Waals surface area contributed by atoms with Gasteiger partial charge >= 0.3 is 0 Å². The van der Waals surface area contributed by atoms with E-state index in [9.17, 15) is 5.11 Å². The summed E-state index contributed by atoms with van der Waals surface area (Å²) in [6.45, 7) is 5.95. The number of hydrogen-bond donors (Lipinski definition) is 3. The Morgan fingerprint density at radius 3 is 2.32 bits per heavy atom. The normalized spacial score (nSPS) is 13.8. The largest absolute Gasteiger partial charge is 0.492 e. The van der Waals surface area contributed by atoms with Crippen LogP contribution in [-0.2, 0) is 5.60 Å². The highest BCUT2D eigenvalue weighted by Gasteiger charge is 2.22. The third-order valence-corrected chi connectivity index (χ3v) is 3.69. The van der Waals surface area contributed by atoms with Crippen LogP contribution in [0.1, 0.15) is 19.4 Å². The van der Waals surface area contributed by atoms with Crippen molar-refractivity contribution in [2.75, 3.05) is 26.2 Å². The van der Waals surface area contributed by atoms with Crippen LogP contribution in [-0.4, -0.2) is 37.3 Å². The molecule has 25 heavy (non-hydrogen) atoms. The smallest absolute Gasteiger partial charge is 0.191 e. The minimum absolute atomic E-state index is 0.270. The summed E-state index contributed by atoms with van der Waals surface area (Å²) in [6, 6.07) is 19.3. The lowest BCUT2D eigenvalue weighted by Crippen LogP contribution is -2.40. The quantitative estimate of drug-likeness (QED) is 0.392. The second-order valence-corrected chi connectivity index (χ2v) is 5.92. The van der Waals surface area contributed by atoms with Crippen molar-refractivity contribution in [3.05, 3.63) is 66.2 Å². The summed E-state index contributed by atoms with van der Waals surface area (Å²) >= 11 is 0. The number of para-hydroxylation sites is 1. The van der Waals surface area contributed by atoms with E-state index in [-0.39, 0.29) is 6.54 Å². The number of aliphatic imine (C=N–C) groups is 1. The Balaban J connectivity index is 1.85. The molecule has 0 amide bonds. The molecule has 0 spiro atoms. The number of guanidine groups is 1. The van der Waals surface area contributed by atoms with Gasteiger partial charge in [-0.1, -0.05) is 48.5 Å². The van der Waals surface area contributed by atoms with Gasteiger partial charge in [0.2, 0.25) is 0 Å². The fraction of sp³-hybridized carbons (Fsp3) is 0.350. The number of aliphatic hydroxyl groups is 1. The van der Waals surface area contributed by atoms with Gasteiger partial charge in [-0.3, -0.25) is 0 Å². The van der Waals surface area contributed by atoms with Crippen LogP contribution in [0.4, 0.5) is 0 Å². The van der Waals surface area contributed by atoms with Crippen molar-refractivity contribution in [2.45, 2.75) is 19.4 Å². The van der Waals surface area contributed by atoms with Gasteiger partial charge < -0.3 is 20.5 Å². The maximum absolute atomic E-state index is 10.6. The van der Waals surface area contributed by atoms with E-state index in [0.717, 1.165) is 17.9 Å². The summed E-state index contributed by atoms with van der Waals surface area (Å²) in [5.41, 5.74) is -0.161. The third kappa shape index (κ3) is 6.47. The Morgan fingerprint density at radius 1 is 1.04 bits per heavy atom. The lowest BCUT2D eigenvalue weighted by atomic mass is 9.96. The second kappa shape index (κ2) is 9.69. The molecular formula is C20H27N3O2. The average Bonchev–Trinajstić information content (AvgIpc) is 2.65.